The van der Waals surface area contributed by atoms with Gasteiger partial charge in [-0.25, -0.2) is 4.57 Å². The third-order valence-electron chi connectivity index (χ3n) is 5.60. The van der Waals surface area contributed by atoms with E-state index in [-0.39, 0.29) is 0 Å². The molecule has 2 unspecified atom stereocenters. The van der Waals surface area contributed by atoms with E-state index in [9.17, 15) is 0 Å². The van der Waals surface area contributed by atoms with Crippen molar-refractivity contribution in [1.29, 1.82) is 0 Å². The van der Waals surface area contributed by atoms with E-state index in [1.807, 2.05) is 0 Å². The number of hydrogen-bond acceptors (Lipinski definition) is 1. The van der Waals surface area contributed by atoms with Crippen molar-refractivity contribution in [2.45, 2.75) is 98.8 Å². The molecule has 5 heteroatoms. The van der Waals surface area contributed by atoms with Crippen molar-refractivity contribution in [3.63, 3.8) is 0 Å². The second-order valence-corrected chi connectivity index (χ2v) is 8.99. The zero-order valence-electron chi connectivity index (χ0n) is 18.7. The van der Waals surface area contributed by atoms with Gasteiger partial charge < -0.3 is 14.7 Å². The zero-order valence-corrected chi connectivity index (χ0v) is 19.5. The van der Waals surface area contributed by atoms with Gasteiger partial charge in [0.15, 0.2) is 0 Å². The molecule has 0 heterocycles. The lowest BCUT2D eigenvalue weighted by atomic mass is 9.84. The lowest BCUT2D eigenvalue weighted by molar-refractivity contribution is 0.275. The van der Waals surface area contributed by atoms with Crippen LogP contribution in [0.15, 0.2) is 18.2 Å². The van der Waals surface area contributed by atoms with E-state index in [4.69, 9.17) is 19.2 Å². The van der Waals surface area contributed by atoms with Gasteiger partial charge in [0.2, 0.25) is 0 Å². The second kappa shape index (κ2) is 15.2. The number of phosphoric acid groups is 1. The molecule has 0 amide bonds. The predicted molar refractivity (Wildman–Crippen MR) is 119 cm³/mol. The molecule has 4 nitrogen and oxygen atoms in total. The van der Waals surface area contributed by atoms with E-state index in [2.05, 4.69) is 52.8 Å². The Labute approximate surface area is 173 Å². The molecule has 164 valence electrons. The van der Waals surface area contributed by atoms with Gasteiger partial charge in [0.25, 0.3) is 0 Å². The van der Waals surface area contributed by atoms with Crippen LogP contribution in [0, 0.1) is 18.8 Å². The Bertz CT molecular complexity index is 559. The molecule has 2 atom stereocenters. The van der Waals surface area contributed by atoms with Crippen molar-refractivity contribution in [1.82, 2.24) is 0 Å². The SMILES string of the molecule is CCCCC(CC)Cc1cccc(C)c1CC(CC)CCCC.O=P(O)(O)O. The Hall–Kier alpha value is -0.670. The summed E-state index contributed by atoms with van der Waals surface area (Å²) in [6.07, 6.45) is 13.4. The normalized spacial score (nSPS) is 13.6. The maximum absolute atomic E-state index is 8.88. The molecule has 0 aliphatic rings. The highest BCUT2D eigenvalue weighted by molar-refractivity contribution is 7.45. The summed E-state index contributed by atoms with van der Waals surface area (Å²) >= 11 is 0. The van der Waals surface area contributed by atoms with Gasteiger partial charge in [-0.3, -0.25) is 0 Å². The van der Waals surface area contributed by atoms with Crippen molar-refractivity contribution in [2.24, 2.45) is 11.8 Å². The highest BCUT2D eigenvalue weighted by atomic mass is 31.2. The monoisotopic (exact) mass is 414 g/mol. The molecule has 0 radical (unpaired) electrons. The third kappa shape index (κ3) is 13.5. The first kappa shape index (κ1) is 27.3. The molecule has 0 saturated carbocycles. The molecule has 28 heavy (non-hydrogen) atoms. The fraction of sp³-hybridized carbons (Fsp3) is 0.739. The van der Waals surface area contributed by atoms with E-state index >= 15 is 0 Å². The molecular formula is C23H43O4P. The Morgan fingerprint density at radius 2 is 1.32 bits per heavy atom. The van der Waals surface area contributed by atoms with Crippen molar-refractivity contribution in [2.75, 3.05) is 0 Å². The highest BCUT2D eigenvalue weighted by Gasteiger charge is 2.15. The Morgan fingerprint density at radius 3 is 1.75 bits per heavy atom. The summed E-state index contributed by atoms with van der Waals surface area (Å²) in [7, 11) is -4.64. The summed E-state index contributed by atoms with van der Waals surface area (Å²) in [5.74, 6) is 1.73. The molecule has 0 saturated heterocycles. The van der Waals surface area contributed by atoms with Crippen LogP contribution in [0.4, 0.5) is 0 Å². The molecule has 3 N–H and O–H groups in total. The van der Waals surface area contributed by atoms with Gasteiger partial charge in [0.1, 0.15) is 0 Å². The first-order chi connectivity index (χ1) is 13.2. The number of aryl methyl sites for hydroxylation is 1. The van der Waals surface area contributed by atoms with Crippen LogP contribution in [-0.4, -0.2) is 14.7 Å². The van der Waals surface area contributed by atoms with E-state index in [1.165, 1.54) is 69.8 Å². The largest absolute Gasteiger partial charge is 0.466 e. The third-order valence-corrected chi connectivity index (χ3v) is 5.60. The van der Waals surface area contributed by atoms with Crippen LogP contribution in [0.1, 0.15) is 95.8 Å². The Kier molecular flexibility index (Phi) is 14.8. The topological polar surface area (TPSA) is 77.8 Å². The molecule has 0 aliphatic heterocycles. The molecule has 0 spiro atoms. The van der Waals surface area contributed by atoms with Crippen molar-refractivity contribution >= 4 is 7.82 Å². The van der Waals surface area contributed by atoms with Crippen LogP contribution in [0.5, 0.6) is 0 Å². The van der Waals surface area contributed by atoms with Gasteiger partial charge in [0.05, 0.1) is 0 Å². The lowest BCUT2D eigenvalue weighted by Gasteiger charge is -2.22. The van der Waals surface area contributed by atoms with Gasteiger partial charge in [0, 0.05) is 0 Å². The summed E-state index contributed by atoms with van der Waals surface area (Å²) < 4.78 is 8.88. The predicted octanol–water partition coefficient (Wildman–Crippen LogP) is 6.58. The highest BCUT2D eigenvalue weighted by Crippen LogP contribution is 2.27. The quantitative estimate of drug-likeness (QED) is 0.337. The van der Waals surface area contributed by atoms with E-state index < -0.39 is 7.82 Å². The number of unbranched alkanes of at least 4 members (excludes halogenated alkanes) is 2. The Balaban J connectivity index is 0.00000129. The minimum Gasteiger partial charge on any atom is -0.303 e. The average molecular weight is 415 g/mol. The van der Waals surface area contributed by atoms with Gasteiger partial charge in [-0.15, -0.1) is 0 Å². The Morgan fingerprint density at radius 1 is 0.857 bits per heavy atom. The van der Waals surface area contributed by atoms with Crippen molar-refractivity contribution < 1.29 is 19.2 Å². The van der Waals surface area contributed by atoms with Gasteiger partial charge in [-0.1, -0.05) is 97.3 Å². The standard InChI is InChI=1S/C23H40.H3O4P/c1-6-10-14-20(8-3)17-22-16-12-13-19(5)23(22)18-21(9-4)15-11-7-2;1-5(2,3)4/h12-13,16,20-21H,6-11,14-15,17-18H2,1-5H3;(H3,1,2,3,4). The first-order valence-corrected chi connectivity index (χ1v) is 12.6. The zero-order chi connectivity index (χ0) is 21.6. The van der Waals surface area contributed by atoms with Gasteiger partial charge in [-0.05, 0) is 48.3 Å². The maximum atomic E-state index is 8.88. The van der Waals surface area contributed by atoms with Crippen molar-refractivity contribution in [3.05, 3.63) is 34.9 Å². The summed E-state index contributed by atoms with van der Waals surface area (Å²) in [5.41, 5.74) is 4.83. The fourth-order valence-corrected chi connectivity index (χ4v) is 3.73. The number of rotatable bonds is 12. The minimum atomic E-state index is -4.64. The summed E-state index contributed by atoms with van der Waals surface area (Å²) in [4.78, 5) is 21.6. The molecule has 1 rings (SSSR count). The van der Waals surface area contributed by atoms with Crippen LogP contribution >= 0.6 is 7.82 Å². The molecular weight excluding hydrogens is 371 g/mol. The smallest absolute Gasteiger partial charge is 0.303 e. The molecule has 0 aromatic heterocycles. The average Bonchev–Trinajstić information content (AvgIpc) is 2.62. The van der Waals surface area contributed by atoms with Gasteiger partial charge >= 0.3 is 7.82 Å². The minimum absolute atomic E-state index is 0.866. The van der Waals surface area contributed by atoms with Crippen LogP contribution in [0.2, 0.25) is 0 Å². The number of benzene rings is 1. The first-order valence-electron chi connectivity index (χ1n) is 11.0. The summed E-state index contributed by atoms with van der Waals surface area (Å²) in [6, 6.07) is 7.00. The van der Waals surface area contributed by atoms with E-state index in [0.717, 1.165) is 11.8 Å². The summed E-state index contributed by atoms with van der Waals surface area (Å²) in [6.45, 7) is 11.7. The van der Waals surface area contributed by atoms with Crippen molar-refractivity contribution in [3.8, 4) is 0 Å². The van der Waals surface area contributed by atoms with Crippen LogP contribution in [0.25, 0.3) is 0 Å². The second-order valence-electron chi connectivity index (χ2n) is 7.97. The fourth-order valence-electron chi connectivity index (χ4n) is 3.73. The van der Waals surface area contributed by atoms with Crippen LogP contribution < -0.4 is 0 Å². The van der Waals surface area contributed by atoms with Crippen LogP contribution in [0.3, 0.4) is 0 Å². The molecule has 0 bridgehead atoms. The molecule has 1 aromatic rings. The number of hydrogen-bond donors (Lipinski definition) is 3. The van der Waals surface area contributed by atoms with Gasteiger partial charge in [-0.2, -0.15) is 0 Å². The molecule has 0 aliphatic carbocycles. The summed E-state index contributed by atoms with van der Waals surface area (Å²) in [5, 5.41) is 0. The molecule has 1 aromatic carbocycles. The molecule has 0 fully saturated rings. The van der Waals surface area contributed by atoms with Crippen LogP contribution in [-0.2, 0) is 17.4 Å². The maximum Gasteiger partial charge on any atom is 0.466 e. The van der Waals surface area contributed by atoms with E-state index in [0.29, 0.717) is 0 Å². The van der Waals surface area contributed by atoms with E-state index in [1.54, 1.807) is 11.1 Å². The lowest BCUT2D eigenvalue weighted by Crippen LogP contribution is -2.11.